The van der Waals surface area contributed by atoms with Crippen molar-refractivity contribution >= 4 is 5.69 Å². The highest BCUT2D eigenvalue weighted by Crippen LogP contribution is 2.20. The van der Waals surface area contributed by atoms with Crippen LogP contribution in [0.5, 0.6) is 0 Å². The first-order valence-electron chi connectivity index (χ1n) is 5.04. The van der Waals surface area contributed by atoms with Crippen molar-refractivity contribution in [2.75, 3.05) is 5.32 Å². The van der Waals surface area contributed by atoms with Crippen molar-refractivity contribution in [3.8, 4) is 12.1 Å². The van der Waals surface area contributed by atoms with E-state index in [9.17, 15) is 0 Å². The molecule has 0 aliphatic carbocycles. The zero-order valence-electron chi connectivity index (χ0n) is 8.97. The van der Waals surface area contributed by atoms with Gasteiger partial charge in [-0.25, -0.2) is 0 Å². The van der Waals surface area contributed by atoms with Crippen molar-refractivity contribution in [2.24, 2.45) is 0 Å². The fourth-order valence-corrected chi connectivity index (χ4v) is 1.52. The molecule has 0 spiro atoms. The Bertz CT molecular complexity index is 556. The molecule has 17 heavy (non-hydrogen) atoms. The van der Waals surface area contributed by atoms with Gasteiger partial charge in [0.05, 0.1) is 29.6 Å². The van der Waals surface area contributed by atoms with Crippen LogP contribution in [0, 0.1) is 22.7 Å². The van der Waals surface area contributed by atoms with Gasteiger partial charge in [-0.15, -0.1) is 0 Å². The van der Waals surface area contributed by atoms with E-state index in [1.165, 1.54) is 0 Å². The number of nitrogens with zero attached hydrogens (tertiary/aromatic N) is 2. The molecule has 0 aliphatic rings. The molecule has 0 saturated heterocycles. The molecule has 0 saturated carbocycles. The van der Waals surface area contributed by atoms with Crippen LogP contribution in [-0.4, -0.2) is 0 Å². The lowest BCUT2D eigenvalue weighted by Gasteiger charge is -2.08. The van der Waals surface area contributed by atoms with Gasteiger partial charge in [-0.3, -0.25) is 0 Å². The quantitative estimate of drug-likeness (QED) is 0.868. The van der Waals surface area contributed by atoms with E-state index >= 15 is 0 Å². The zero-order chi connectivity index (χ0) is 12.1. The summed E-state index contributed by atoms with van der Waals surface area (Å²) >= 11 is 0. The van der Waals surface area contributed by atoms with Crippen LogP contribution in [0.25, 0.3) is 0 Å². The SMILES string of the molecule is N#Cc1cccc(C#N)c1NCc1ccco1. The molecule has 0 unspecified atom stereocenters. The van der Waals surface area contributed by atoms with E-state index in [4.69, 9.17) is 14.9 Å². The smallest absolute Gasteiger partial charge is 0.122 e. The topological polar surface area (TPSA) is 72.8 Å². The van der Waals surface area contributed by atoms with Crippen molar-refractivity contribution in [1.29, 1.82) is 10.5 Å². The maximum Gasteiger partial charge on any atom is 0.122 e. The van der Waals surface area contributed by atoms with E-state index in [2.05, 4.69) is 17.5 Å². The highest BCUT2D eigenvalue weighted by molar-refractivity contribution is 5.66. The fourth-order valence-electron chi connectivity index (χ4n) is 1.52. The van der Waals surface area contributed by atoms with Gasteiger partial charge in [0.15, 0.2) is 0 Å². The summed E-state index contributed by atoms with van der Waals surface area (Å²) < 4.78 is 5.17. The molecule has 0 atom stereocenters. The molecule has 1 aromatic heterocycles. The third kappa shape index (κ3) is 2.27. The normalized spacial score (nSPS) is 9.29. The van der Waals surface area contributed by atoms with E-state index in [1.54, 1.807) is 30.5 Å². The number of rotatable bonds is 3. The zero-order valence-corrected chi connectivity index (χ0v) is 8.97. The van der Waals surface area contributed by atoms with Crippen LogP contribution in [0.1, 0.15) is 16.9 Å². The summed E-state index contributed by atoms with van der Waals surface area (Å²) in [5.41, 5.74) is 1.46. The van der Waals surface area contributed by atoms with Crippen LogP contribution in [0.3, 0.4) is 0 Å². The van der Waals surface area contributed by atoms with Gasteiger partial charge in [0, 0.05) is 0 Å². The minimum atomic E-state index is 0.445. The van der Waals surface area contributed by atoms with Crippen molar-refractivity contribution in [3.63, 3.8) is 0 Å². The summed E-state index contributed by atoms with van der Waals surface area (Å²) in [7, 11) is 0. The summed E-state index contributed by atoms with van der Waals surface area (Å²) in [6.45, 7) is 0.445. The molecule has 4 nitrogen and oxygen atoms in total. The number of nitrogens with one attached hydrogen (secondary N) is 1. The Balaban J connectivity index is 2.26. The third-order valence-corrected chi connectivity index (χ3v) is 2.32. The maximum absolute atomic E-state index is 8.97. The second-order valence-electron chi connectivity index (χ2n) is 3.38. The van der Waals surface area contributed by atoms with Gasteiger partial charge in [0.1, 0.15) is 17.9 Å². The van der Waals surface area contributed by atoms with Gasteiger partial charge in [-0.05, 0) is 24.3 Å². The molecule has 1 heterocycles. The highest BCUT2D eigenvalue weighted by Gasteiger charge is 2.07. The summed E-state index contributed by atoms with van der Waals surface area (Å²) in [5.74, 6) is 0.752. The number of furan rings is 1. The van der Waals surface area contributed by atoms with Gasteiger partial charge in [-0.1, -0.05) is 6.07 Å². The minimum Gasteiger partial charge on any atom is -0.467 e. The number of para-hydroxylation sites is 1. The third-order valence-electron chi connectivity index (χ3n) is 2.32. The summed E-state index contributed by atoms with van der Waals surface area (Å²) in [6.07, 6.45) is 1.58. The van der Waals surface area contributed by atoms with E-state index in [1.807, 2.05) is 6.07 Å². The Kier molecular flexibility index (Phi) is 3.09. The van der Waals surface area contributed by atoms with Crippen molar-refractivity contribution in [1.82, 2.24) is 0 Å². The molecular weight excluding hydrogens is 214 g/mol. The van der Waals surface area contributed by atoms with Crippen molar-refractivity contribution in [3.05, 3.63) is 53.5 Å². The molecule has 0 bridgehead atoms. The molecule has 0 fully saturated rings. The predicted octanol–water partition coefficient (Wildman–Crippen LogP) is 2.64. The van der Waals surface area contributed by atoms with Gasteiger partial charge in [0.2, 0.25) is 0 Å². The van der Waals surface area contributed by atoms with E-state index in [-0.39, 0.29) is 0 Å². The van der Waals surface area contributed by atoms with Gasteiger partial charge in [0.25, 0.3) is 0 Å². The Morgan fingerprint density at radius 2 is 1.76 bits per heavy atom. The number of hydrogen-bond donors (Lipinski definition) is 1. The van der Waals surface area contributed by atoms with Crippen LogP contribution in [0.15, 0.2) is 41.0 Å². The maximum atomic E-state index is 8.97. The summed E-state index contributed by atoms with van der Waals surface area (Å²) in [5, 5.41) is 21.0. The van der Waals surface area contributed by atoms with Crippen LogP contribution in [0.2, 0.25) is 0 Å². The molecule has 0 amide bonds. The predicted molar refractivity (Wildman–Crippen MR) is 61.9 cm³/mol. The van der Waals surface area contributed by atoms with Crippen molar-refractivity contribution < 1.29 is 4.42 Å². The Hall–Kier alpha value is -2.72. The van der Waals surface area contributed by atoms with Gasteiger partial charge in [-0.2, -0.15) is 10.5 Å². The Morgan fingerprint density at radius 1 is 1.06 bits per heavy atom. The lowest BCUT2D eigenvalue weighted by molar-refractivity contribution is 0.518. The average molecular weight is 223 g/mol. The molecule has 0 aliphatic heterocycles. The van der Waals surface area contributed by atoms with Crippen LogP contribution < -0.4 is 5.32 Å². The lowest BCUT2D eigenvalue weighted by atomic mass is 10.1. The second-order valence-corrected chi connectivity index (χ2v) is 3.38. The van der Waals surface area contributed by atoms with E-state index < -0.39 is 0 Å². The Morgan fingerprint density at radius 3 is 2.29 bits per heavy atom. The summed E-state index contributed by atoms with van der Waals surface area (Å²) in [6, 6.07) is 12.8. The average Bonchev–Trinajstić information content (AvgIpc) is 2.88. The molecule has 0 radical (unpaired) electrons. The first-order chi connectivity index (χ1) is 8.35. The number of hydrogen-bond acceptors (Lipinski definition) is 4. The molecular formula is C13H9N3O. The fraction of sp³-hybridized carbons (Fsp3) is 0.0769. The molecule has 1 N–H and O–H groups in total. The van der Waals surface area contributed by atoms with Crippen LogP contribution in [0.4, 0.5) is 5.69 Å². The number of benzene rings is 1. The van der Waals surface area contributed by atoms with Gasteiger partial charge < -0.3 is 9.73 Å². The minimum absolute atomic E-state index is 0.445. The second kappa shape index (κ2) is 4.87. The largest absolute Gasteiger partial charge is 0.467 e. The molecule has 2 aromatic rings. The van der Waals surface area contributed by atoms with Crippen LogP contribution in [-0.2, 0) is 6.54 Å². The van der Waals surface area contributed by atoms with Crippen LogP contribution >= 0.6 is 0 Å². The number of anilines is 1. The van der Waals surface area contributed by atoms with Gasteiger partial charge >= 0.3 is 0 Å². The van der Waals surface area contributed by atoms with E-state index in [0.717, 1.165) is 5.76 Å². The number of nitriles is 2. The molecule has 4 heteroatoms. The standard InChI is InChI=1S/C13H9N3O/c14-7-10-3-1-4-11(8-15)13(10)16-9-12-5-2-6-17-12/h1-6,16H,9H2. The molecule has 82 valence electrons. The first kappa shape index (κ1) is 10.8. The lowest BCUT2D eigenvalue weighted by Crippen LogP contribution is -2.02. The monoisotopic (exact) mass is 223 g/mol. The molecule has 2 rings (SSSR count). The summed E-state index contributed by atoms with van der Waals surface area (Å²) in [4.78, 5) is 0. The first-order valence-corrected chi connectivity index (χ1v) is 5.04. The van der Waals surface area contributed by atoms with Crippen molar-refractivity contribution in [2.45, 2.75) is 6.54 Å². The van der Waals surface area contributed by atoms with E-state index in [0.29, 0.717) is 23.4 Å². The highest BCUT2D eigenvalue weighted by atomic mass is 16.3. The Labute approximate surface area is 98.7 Å². The molecule has 1 aromatic carbocycles.